The van der Waals surface area contributed by atoms with E-state index in [2.05, 4.69) is 22.9 Å². The number of aliphatic carboxylic acids is 1. The lowest BCUT2D eigenvalue weighted by atomic mass is 10.1. The summed E-state index contributed by atoms with van der Waals surface area (Å²) in [7, 11) is 0. The fraction of sp³-hybridized carbons (Fsp3) is 0.700. The van der Waals surface area contributed by atoms with Crippen LogP contribution in [-0.4, -0.2) is 124 Å². The lowest BCUT2D eigenvalue weighted by Gasteiger charge is -2.14. The molecule has 318 valence electrons. The average Bonchev–Trinajstić information content (AvgIpc) is 3.17. The number of ether oxygens (including phenoxy) is 5. The number of rotatable bonds is 38. The molecule has 3 amide bonds. The standard InChI is InChI=1S/C40H65N3O13/c1-2-3-10-21-41-37(46)30-55-29-27-53-25-22-42-38(47)31-54-28-26-52-23-12-13-33(44)17-20-35(40(50)51)43-36(45)14-9-7-5-4-6-8-11-24-56-34-18-15-32(16-19-34)39(48)49/h15-16,18-19,35H,2-14,17,20-31H2,1H3,(H,41,46)(H,42,47)(H,43,45)(H,48,49)(H,50,51)/t35-/m0/s1. The molecule has 0 radical (unpaired) electrons. The molecular formula is C40H65N3O13. The highest BCUT2D eigenvalue weighted by atomic mass is 16.5. The summed E-state index contributed by atoms with van der Waals surface area (Å²) in [6.45, 7) is 5.13. The fourth-order valence-electron chi connectivity index (χ4n) is 5.22. The zero-order valence-electron chi connectivity index (χ0n) is 33.2. The molecule has 16 nitrogen and oxygen atoms in total. The average molecular weight is 796 g/mol. The van der Waals surface area contributed by atoms with Gasteiger partial charge in [0.15, 0.2) is 0 Å². The molecule has 56 heavy (non-hydrogen) atoms. The van der Waals surface area contributed by atoms with Crippen LogP contribution in [0.3, 0.4) is 0 Å². The molecule has 0 spiro atoms. The zero-order valence-corrected chi connectivity index (χ0v) is 33.2. The number of carboxylic acids is 2. The van der Waals surface area contributed by atoms with Crippen molar-refractivity contribution >= 4 is 35.4 Å². The normalized spacial score (nSPS) is 11.4. The van der Waals surface area contributed by atoms with Crippen LogP contribution < -0.4 is 20.7 Å². The number of unbranched alkanes of at least 4 members (excludes halogenated alkanes) is 8. The van der Waals surface area contributed by atoms with Crippen LogP contribution in [0.4, 0.5) is 0 Å². The van der Waals surface area contributed by atoms with E-state index in [4.69, 9.17) is 28.8 Å². The van der Waals surface area contributed by atoms with Crippen LogP contribution in [0.15, 0.2) is 24.3 Å². The Bertz CT molecular complexity index is 1250. The molecule has 1 rings (SSSR count). The smallest absolute Gasteiger partial charge is 0.335 e. The van der Waals surface area contributed by atoms with Crippen LogP contribution in [0.2, 0.25) is 0 Å². The van der Waals surface area contributed by atoms with Gasteiger partial charge in [0.25, 0.3) is 0 Å². The molecule has 0 bridgehead atoms. The first-order chi connectivity index (χ1) is 27.1. The third-order valence-corrected chi connectivity index (χ3v) is 8.39. The van der Waals surface area contributed by atoms with Gasteiger partial charge in [0.05, 0.1) is 45.2 Å². The Morgan fingerprint density at radius 2 is 1.16 bits per heavy atom. The molecule has 1 aromatic carbocycles. The molecule has 0 aliphatic rings. The van der Waals surface area contributed by atoms with E-state index in [-0.39, 0.29) is 87.8 Å². The van der Waals surface area contributed by atoms with Gasteiger partial charge in [-0.2, -0.15) is 0 Å². The summed E-state index contributed by atoms with van der Waals surface area (Å²) in [5.74, 6) is -2.39. The highest BCUT2D eigenvalue weighted by Gasteiger charge is 2.20. The predicted molar refractivity (Wildman–Crippen MR) is 208 cm³/mol. The van der Waals surface area contributed by atoms with Gasteiger partial charge in [-0.05, 0) is 56.4 Å². The number of amides is 3. The van der Waals surface area contributed by atoms with Crippen molar-refractivity contribution in [3.05, 3.63) is 29.8 Å². The topological polar surface area (TPSA) is 225 Å². The minimum Gasteiger partial charge on any atom is -0.494 e. The van der Waals surface area contributed by atoms with Crippen molar-refractivity contribution in [1.29, 1.82) is 0 Å². The van der Waals surface area contributed by atoms with Crippen molar-refractivity contribution in [2.45, 2.75) is 109 Å². The molecule has 0 aromatic heterocycles. The van der Waals surface area contributed by atoms with Gasteiger partial charge in [-0.1, -0.05) is 51.9 Å². The first-order valence-electron chi connectivity index (χ1n) is 20.0. The van der Waals surface area contributed by atoms with Crippen molar-refractivity contribution in [2.75, 3.05) is 72.6 Å². The summed E-state index contributed by atoms with van der Waals surface area (Å²) >= 11 is 0. The first-order valence-corrected chi connectivity index (χ1v) is 20.0. The molecule has 1 atom stereocenters. The van der Waals surface area contributed by atoms with Crippen molar-refractivity contribution in [1.82, 2.24) is 16.0 Å². The number of hydrogen-bond acceptors (Lipinski definition) is 11. The summed E-state index contributed by atoms with van der Waals surface area (Å²) in [6, 6.07) is 5.20. The number of carboxylic acid groups (broad SMARTS) is 2. The highest BCUT2D eigenvalue weighted by Crippen LogP contribution is 2.14. The summed E-state index contributed by atoms with van der Waals surface area (Å²) in [6.07, 6.45) is 10.5. The Hall–Kier alpha value is -4.12. The van der Waals surface area contributed by atoms with Crippen LogP contribution in [0.25, 0.3) is 0 Å². The Morgan fingerprint density at radius 3 is 1.79 bits per heavy atom. The van der Waals surface area contributed by atoms with Gasteiger partial charge in [-0.15, -0.1) is 0 Å². The van der Waals surface area contributed by atoms with Gasteiger partial charge in [0, 0.05) is 39.0 Å². The second-order valence-electron chi connectivity index (χ2n) is 13.3. The molecule has 0 unspecified atom stereocenters. The summed E-state index contributed by atoms with van der Waals surface area (Å²) < 4.78 is 27.0. The first kappa shape index (κ1) is 49.9. The number of hydrogen-bond donors (Lipinski definition) is 5. The molecule has 0 aliphatic carbocycles. The van der Waals surface area contributed by atoms with Crippen LogP contribution in [0.1, 0.15) is 114 Å². The molecule has 0 saturated carbocycles. The largest absolute Gasteiger partial charge is 0.494 e. The van der Waals surface area contributed by atoms with E-state index < -0.39 is 18.0 Å². The van der Waals surface area contributed by atoms with Gasteiger partial charge in [0.2, 0.25) is 17.7 Å². The van der Waals surface area contributed by atoms with E-state index in [0.29, 0.717) is 58.1 Å². The number of nitrogens with one attached hydrogen (secondary N) is 3. The monoisotopic (exact) mass is 795 g/mol. The van der Waals surface area contributed by atoms with Crippen LogP contribution in [0, 0.1) is 0 Å². The Labute approximate surface area is 331 Å². The third-order valence-electron chi connectivity index (χ3n) is 8.39. The van der Waals surface area contributed by atoms with Gasteiger partial charge in [-0.25, -0.2) is 9.59 Å². The molecular weight excluding hydrogens is 730 g/mol. The quantitative estimate of drug-likeness (QED) is 0.0596. The number of carbonyl (C=O) groups is 6. The number of Topliss-reactive ketones (excluding diaryl/α,β-unsaturated/α-hetero) is 1. The fourth-order valence-corrected chi connectivity index (χ4v) is 5.22. The third kappa shape index (κ3) is 29.2. The van der Waals surface area contributed by atoms with E-state index in [0.717, 1.165) is 57.8 Å². The maximum atomic E-state index is 12.3. The summed E-state index contributed by atoms with van der Waals surface area (Å²) in [5, 5.41) is 26.4. The van der Waals surface area contributed by atoms with Gasteiger partial charge < -0.3 is 49.8 Å². The van der Waals surface area contributed by atoms with Gasteiger partial charge >= 0.3 is 11.9 Å². The molecule has 0 fully saturated rings. The lowest BCUT2D eigenvalue weighted by Crippen LogP contribution is -2.41. The number of aromatic carboxylic acids is 1. The van der Waals surface area contributed by atoms with Crippen LogP contribution in [0.5, 0.6) is 5.75 Å². The van der Waals surface area contributed by atoms with Crippen molar-refractivity contribution in [2.24, 2.45) is 0 Å². The zero-order chi connectivity index (χ0) is 41.1. The van der Waals surface area contributed by atoms with Crippen molar-refractivity contribution in [3.8, 4) is 5.75 Å². The second kappa shape index (κ2) is 34.2. The van der Waals surface area contributed by atoms with E-state index in [9.17, 15) is 33.9 Å². The highest BCUT2D eigenvalue weighted by molar-refractivity contribution is 5.87. The molecule has 0 heterocycles. The van der Waals surface area contributed by atoms with E-state index in [1.165, 1.54) is 12.1 Å². The number of benzene rings is 1. The molecule has 0 aliphatic heterocycles. The molecule has 16 heteroatoms. The van der Waals surface area contributed by atoms with Crippen molar-refractivity contribution in [3.63, 3.8) is 0 Å². The molecule has 1 aromatic rings. The van der Waals surface area contributed by atoms with Crippen LogP contribution in [-0.2, 0) is 42.9 Å². The van der Waals surface area contributed by atoms with Crippen molar-refractivity contribution < 1.29 is 62.7 Å². The molecule has 0 saturated heterocycles. The van der Waals surface area contributed by atoms with Crippen LogP contribution >= 0.6 is 0 Å². The SMILES string of the molecule is CCCCCNC(=O)COCCOCCNC(=O)COCCOCCCC(=O)CC[C@H](NC(=O)CCCCCCCCCOc1ccc(C(=O)O)cc1)C(=O)O. The minimum atomic E-state index is -1.17. The summed E-state index contributed by atoms with van der Waals surface area (Å²) in [4.78, 5) is 70.6. The number of ketones is 1. The second-order valence-corrected chi connectivity index (χ2v) is 13.3. The van der Waals surface area contributed by atoms with E-state index in [1.807, 2.05) is 0 Å². The lowest BCUT2D eigenvalue weighted by molar-refractivity contribution is -0.142. The van der Waals surface area contributed by atoms with Gasteiger partial charge in [-0.3, -0.25) is 19.2 Å². The Kier molecular flexibility index (Phi) is 30.4. The Morgan fingerprint density at radius 1 is 0.571 bits per heavy atom. The predicted octanol–water partition coefficient (Wildman–Crippen LogP) is 4.07. The maximum Gasteiger partial charge on any atom is 0.335 e. The maximum absolute atomic E-state index is 12.3. The minimum absolute atomic E-state index is 0.00805. The van der Waals surface area contributed by atoms with Gasteiger partial charge in [0.1, 0.15) is 30.8 Å². The van der Waals surface area contributed by atoms with E-state index >= 15 is 0 Å². The number of carbonyl (C=O) groups excluding carboxylic acids is 4. The summed E-state index contributed by atoms with van der Waals surface area (Å²) in [5.41, 5.74) is 0.219. The Balaban J connectivity index is 1.94. The van der Waals surface area contributed by atoms with E-state index in [1.54, 1.807) is 12.1 Å². The molecule has 5 N–H and O–H groups in total.